The van der Waals surface area contributed by atoms with E-state index in [-0.39, 0.29) is 5.60 Å². The lowest BCUT2D eigenvalue weighted by atomic mass is 9.79. The Morgan fingerprint density at radius 2 is 2.38 bits per heavy atom. The van der Waals surface area contributed by atoms with Crippen molar-refractivity contribution >= 4 is 11.8 Å². The third-order valence-corrected chi connectivity index (χ3v) is 6.06. The van der Waals surface area contributed by atoms with Crippen LogP contribution >= 0.6 is 11.8 Å². The minimum atomic E-state index is 0.140. The molecule has 0 saturated carbocycles. The summed E-state index contributed by atoms with van der Waals surface area (Å²) in [6, 6.07) is 8.84. The van der Waals surface area contributed by atoms with E-state index in [9.17, 15) is 0 Å². The number of rotatable bonds is 4. The van der Waals surface area contributed by atoms with Gasteiger partial charge in [0.25, 0.3) is 0 Å². The van der Waals surface area contributed by atoms with E-state index in [4.69, 9.17) is 9.47 Å². The maximum absolute atomic E-state index is 6.16. The first-order valence-corrected chi connectivity index (χ1v) is 8.95. The lowest BCUT2D eigenvalue weighted by molar-refractivity contribution is -0.0850. The van der Waals surface area contributed by atoms with Gasteiger partial charge < -0.3 is 14.8 Å². The number of ether oxygens (including phenoxy) is 2. The van der Waals surface area contributed by atoms with Gasteiger partial charge in [-0.25, -0.2) is 0 Å². The molecule has 0 bridgehead atoms. The molecule has 116 valence electrons. The molecule has 2 aliphatic rings. The van der Waals surface area contributed by atoms with Gasteiger partial charge in [-0.2, -0.15) is 11.8 Å². The molecule has 0 amide bonds. The van der Waals surface area contributed by atoms with Gasteiger partial charge in [0.2, 0.25) is 0 Å². The normalized spacial score (nSPS) is 30.5. The molecule has 1 aromatic carbocycles. The van der Waals surface area contributed by atoms with Crippen molar-refractivity contribution in [1.29, 1.82) is 0 Å². The summed E-state index contributed by atoms with van der Waals surface area (Å²) in [4.78, 5) is 0. The molecule has 2 heterocycles. The Bertz CT molecular complexity index is 474. The van der Waals surface area contributed by atoms with Gasteiger partial charge in [0.15, 0.2) is 0 Å². The molecule has 1 N–H and O–H groups in total. The van der Waals surface area contributed by atoms with Crippen LogP contribution in [0.5, 0.6) is 5.75 Å². The van der Waals surface area contributed by atoms with Gasteiger partial charge in [-0.1, -0.05) is 12.1 Å². The summed E-state index contributed by atoms with van der Waals surface area (Å²) >= 11 is 2.04. The molecular weight excluding hydrogens is 282 g/mol. The maximum Gasteiger partial charge on any atom is 0.119 e. The molecule has 0 aliphatic carbocycles. The van der Waals surface area contributed by atoms with Crippen molar-refractivity contribution in [3.63, 3.8) is 0 Å². The van der Waals surface area contributed by atoms with E-state index < -0.39 is 0 Å². The topological polar surface area (TPSA) is 30.5 Å². The van der Waals surface area contributed by atoms with Gasteiger partial charge in [0.1, 0.15) is 5.75 Å². The minimum absolute atomic E-state index is 0.140. The van der Waals surface area contributed by atoms with E-state index in [0.29, 0.717) is 12.0 Å². The number of hydrogen-bond donors (Lipinski definition) is 1. The molecular formula is C17H25NO2S. The van der Waals surface area contributed by atoms with Gasteiger partial charge in [-0.3, -0.25) is 0 Å². The molecule has 2 fully saturated rings. The summed E-state index contributed by atoms with van der Waals surface area (Å²) in [5.74, 6) is 3.98. The molecule has 21 heavy (non-hydrogen) atoms. The number of benzene rings is 1. The van der Waals surface area contributed by atoms with Crippen LogP contribution in [0.3, 0.4) is 0 Å². The van der Waals surface area contributed by atoms with Crippen LogP contribution in [0.1, 0.15) is 30.9 Å². The Morgan fingerprint density at radius 3 is 3.10 bits per heavy atom. The minimum Gasteiger partial charge on any atom is -0.497 e. The number of methoxy groups -OCH3 is 1. The van der Waals surface area contributed by atoms with Crippen LogP contribution in [-0.2, 0) is 4.74 Å². The average molecular weight is 307 g/mol. The first-order chi connectivity index (χ1) is 10.3. The predicted octanol–water partition coefficient (Wildman–Crippen LogP) is 3.26. The SMILES string of the molecule is CNC(c1cccc(OC)c1)C1CCOC2(CCSC2)C1. The van der Waals surface area contributed by atoms with Crippen molar-refractivity contribution in [2.24, 2.45) is 5.92 Å². The average Bonchev–Trinajstić information content (AvgIpc) is 2.96. The van der Waals surface area contributed by atoms with E-state index in [2.05, 4.69) is 30.6 Å². The Hall–Kier alpha value is -0.710. The van der Waals surface area contributed by atoms with Crippen molar-refractivity contribution in [2.45, 2.75) is 30.9 Å². The Kier molecular flexibility index (Phi) is 4.77. The second-order valence-electron chi connectivity index (χ2n) is 6.13. The van der Waals surface area contributed by atoms with Crippen LogP contribution in [0.15, 0.2) is 24.3 Å². The summed E-state index contributed by atoms with van der Waals surface area (Å²) in [6.45, 7) is 0.896. The van der Waals surface area contributed by atoms with Crippen molar-refractivity contribution in [1.82, 2.24) is 5.32 Å². The van der Waals surface area contributed by atoms with E-state index in [0.717, 1.165) is 24.5 Å². The fourth-order valence-corrected chi connectivity index (χ4v) is 5.10. The number of hydrogen-bond acceptors (Lipinski definition) is 4. The highest BCUT2D eigenvalue weighted by atomic mass is 32.2. The summed E-state index contributed by atoms with van der Waals surface area (Å²) in [6.07, 6.45) is 3.51. The molecule has 3 unspecified atom stereocenters. The van der Waals surface area contributed by atoms with E-state index in [1.165, 1.54) is 24.2 Å². The lowest BCUT2D eigenvalue weighted by Gasteiger charge is -2.41. The van der Waals surface area contributed by atoms with Gasteiger partial charge in [-0.05, 0) is 55.7 Å². The lowest BCUT2D eigenvalue weighted by Crippen LogP contribution is -2.43. The fourth-order valence-electron chi connectivity index (χ4n) is 3.72. The zero-order valence-corrected chi connectivity index (χ0v) is 13.7. The van der Waals surface area contributed by atoms with Crippen LogP contribution in [-0.4, -0.2) is 37.9 Å². The molecule has 0 aromatic heterocycles. The summed E-state index contributed by atoms with van der Waals surface area (Å²) < 4.78 is 11.5. The van der Waals surface area contributed by atoms with Crippen molar-refractivity contribution in [2.75, 3.05) is 32.3 Å². The Labute approximate surface area is 131 Å². The van der Waals surface area contributed by atoms with Crippen molar-refractivity contribution in [3.05, 3.63) is 29.8 Å². The summed E-state index contributed by atoms with van der Waals surface area (Å²) in [5.41, 5.74) is 1.46. The molecule has 0 radical (unpaired) electrons. The first kappa shape index (κ1) is 15.2. The van der Waals surface area contributed by atoms with Gasteiger partial charge >= 0.3 is 0 Å². The summed E-state index contributed by atoms with van der Waals surface area (Å²) in [7, 11) is 3.79. The zero-order chi connectivity index (χ0) is 14.7. The van der Waals surface area contributed by atoms with Crippen LogP contribution in [0.4, 0.5) is 0 Å². The van der Waals surface area contributed by atoms with Crippen LogP contribution in [0.25, 0.3) is 0 Å². The molecule has 2 aliphatic heterocycles. The second kappa shape index (κ2) is 6.59. The number of nitrogens with one attached hydrogen (secondary N) is 1. The first-order valence-electron chi connectivity index (χ1n) is 7.79. The maximum atomic E-state index is 6.16. The fraction of sp³-hybridized carbons (Fsp3) is 0.647. The standard InChI is InChI=1S/C17H25NO2S/c1-18-16(13-4-3-5-15(10-13)19-2)14-6-8-20-17(11-14)7-9-21-12-17/h3-5,10,14,16,18H,6-9,11-12H2,1-2H3. The highest BCUT2D eigenvalue weighted by molar-refractivity contribution is 7.99. The Balaban J connectivity index is 1.78. The molecule has 1 spiro atoms. The van der Waals surface area contributed by atoms with E-state index in [1.54, 1.807) is 7.11 Å². The predicted molar refractivity (Wildman–Crippen MR) is 88.1 cm³/mol. The second-order valence-corrected chi connectivity index (χ2v) is 7.24. The molecule has 3 nitrogen and oxygen atoms in total. The van der Waals surface area contributed by atoms with Crippen molar-refractivity contribution < 1.29 is 9.47 Å². The molecule has 4 heteroatoms. The third kappa shape index (κ3) is 3.22. The molecule has 2 saturated heterocycles. The van der Waals surface area contributed by atoms with Crippen LogP contribution in [0, 0.1) is 5.92 Å². The summed E-state index contributed by atoms with van der Waals surface area (Å²) in [5, 5.41) is 3.53. The molecule has 1 aromatic rings. The quantitative estimate of drug-likeness (QED) is 0.925. The highest BCUT2D eigenvalue weighted by Crippen LogP contribution is 2.44. The van der Waals surface area contributed by atoms with Gasteiger partial charge in [0, 0.05) is 18.4 Å². The third-order valence-electron chi connectivity index (χ3n) is 4.83. The van der Waals surface area contributed by atoms with Gasteiger partial charge in [0.05, 0.1) is 12.7 Å². The largest absolute Gasteiger partial charge is 0.497 e. The molecule has 3 atom stereocenters. The van der Waals surface area contributed by atoms with Crippen LogP contribution < -0.4 is 10.1 Å². The zero-order valence-electron chi connectivity index (χ0n) is 12.9. The Morgan fingerprint density at radius 1 is 1.48 bits per heavy atom. The van der Waals surface area contributed by atoms with Crippen LogP contribution in [0.2, 0.25) is 0 Å². The van der Waals surface area contributed by atoms with E-state index in [1.807, 2.05) is 17.8 Å². The van der Waals surface area contributed by atoms with E-state index >= 15 is 0 Å². The molecule has 3 rings (SSSR count). The highest BCUT2D eigenvalue weighted by Gasteiger charge is 2.42. The van der Waals surface area contributed by atoms with Crippen molar-refractivity contribution in [3.8, 4) is 5.75 Å². The smallest absolute Gasteiger partial charge is 0.119 e. The monoisotopic (exact) mass is 307 g/mol. The number of thioether (sulfide) groups is 1. The van der Waals surface area contributed by atoms with Gasteiger partial charge in [-0.15, -0.1) is 0 Å².